The number of amides is 2. The summed E-state index contributed by atoms with van der Waals surface area (Å²) < 4.78 is 13.4. The lowest BCUT2D eigenvalue weighted by molar-refractivity contribution is -0.135. The van der Waals surface area contributed by atoms with E-state index < -0.39 is 5.41 Å². The normalized spacial score (nSPS) is 19.6. The Hall–Kier alpha value is -1.91. The van der Waals surface area contributed by atoms with E-state index in [-0.39, 0.29) is 24.2 Å². The van der Waals surface area contributed by atoms with E-state index in [1.165, 1.54) is 12.1 Å². The standard InChI is InChI=1S/C17H21FN2O2/c18-14-6-3-5-13(11-14)17(7-4-8-17)16(22)19-12-15(21)20-9-1-2-10-20/h3,5-6,11H,1-2,4,7-10,12H2,(H,19,22). The largest absolute Gasteiger partial charge is 0.346 e. The molecular formula is C17H21FN2O2. The molecule has 2 aliphatic rings. The molecule has 1 saturated carbocycles. The molecule has 1 aliphatic carbocycles. The van der Waals surface area contributed by atoms with Gasteiger partial charge in [0.05, 0.1) is 12.0 Å². The number of benzene rings is 1. The first-order chi connectivity index (χ1) is 10.6. The van der Waals surface area contributed by atoms with Gasteiger partial charge in [-0.15, -0.1) is 0 Å². The van der Waals surface area contributed by atoms with Crippen molar-refractivity contribution < 1.29 is 14.0 Å². The molecule has 4 nitrogen and oxygen atoms in total. The highest BCUT2D eigenvalue weighted by Crippen LogP contribution is 2.44. The Labute approximate surface area is 129 Å². The zero-order chi connectivity index (χ0) is 15.6. The summed E-state index contributed by atoms with van der Waals surface area (Å²) in [4.78, 5) is 26.4. The second-order valence-electron chi connectivity index (χ2n) is 6.22. The van der Waals surface area contributed by atoms with Gasteiger partial charge in [0.25, 0.3) is 0 Å². The second-order valence-corrected chi connectivity index (χ2v) is 6.22. The third-order valence-corrected chi connectivity index (χ3v) is 4.88. The van der Waals surface area contributed by atoms with Gasteiger partial charge in [0.1, 0.15) is 5.82 Å². The number of nitrogens with zero attached hydrogens (tertiary/aromatic N) is 1. The van der Waals surface area contributed by atoms with Gasteiger partial charge in [0.15, 0.2) is 0 Å². The first kappa shape index (κ1) is 15.0. The summed E-state index contributed by atoms with van der Waals surface area (Å²) in [6, 6.07) is 6.24. The average molecular weight is 304 g/mol. The Morgan fingerprint density at radius 1 is 1.18 bits per heavy atom. The van der Waals surface area contributed by atoms with Crippen molar-refractivity contribution in [1.29, 1.82) is 0 Å². The van der Waals surface area contributed by atoms with Crippen molar-refractivity contribution in [3.05, 3.63) is 35.6 Å². The van der Waals surface area contributed by atoms with Gasteiger partial charge >= 0.3 is 0 Å². The van der Waals surface area contributed by atoms with Crippen molar-refractivity contribution in [2.45, 2.75) is 37.5 Å². The molecule has 1 aromatic carbocycles. The highest BCUT2D eigenvalue weighted by molar-refractivity contribution is 5.92. The summed E-state index contributed by atoms with van der Waals surface area (Å²) in [7, 11) is 0. The molecule has 1 saturated heterocycles. The molecule has 22 heavy (non-hydrogen) atoms. The predicted molar refractivity (Wildman–Crippen MR) is 80.8 cm³/mol. The number of hydrogen-bond donors (Lipinski definition) is 1. The molecule has 5 heteroatoms. The quantitative estimate of drug-likeness (QED) is 0.925. The zero-order valence-electron chi connectivity index (χ0n) is 12.6. The highest BCUT2D eigenvalue weighted by Gasteiger charge is 2.45. The van der Waals surface area contributed by atoms with Crippen molar-refractivity contribution >= 4 is 11.8 Å². The van der Waals surface area contributed by atoms with E-state index in [9.17, 15) is 14.0 Å². The van der Waals surface area contributed by atoms with Crippen molar-refractivity contribution in [3.8, 4) is 0 Å². The van der Waals surface area contributed by atoms with Crippen LogP contribution in [0, 0.1) is 5.82 Å². The van der Waals surface area contributed by atoms with Gasteiger partial charge in [-0.3, -0.25) is 9.59 Å². The van der Waals surface area contributed by atoms with Crippen LogP contribution in [0.3, 0.4) is 0 Å². The number of rotatable bonds is 4. The van der Waals surface area contributed by atoms with E-state index in [1.54, 1.807) is 17.0 Å². The lowest BCUT2D eigenvalue weighted by atomic mass is 9.64. The topological polar surface area (TPSA) is 49.4 Å². The lowest BCUT2D eigenvalue weighted by Crippen LogP contribution is -2.51. The Morgan fingerprint density at radius 3 is 2.50 bits per heavy atom. The Morgan fingerprint density at radius 2 is 1.91 bits per heavy atom. The Kier molecular flexibility index (Phi) is 4.14. The van der Waals surface area contributed by atoms with Crippen LogP contribution in [0.1, 0.15) is 37.7 Å². The first-order valence-corrected chi connectivity index (χ1v) is 7.94. The van der Waals surface area contributed by atoms with Gasteiger partial charge in [-0.25, -0.2) is 4.39 Å². The smallest absolute Gasteiger partial charge is 0.241 e. The van der Waals surface area contributed by atoms with E-state index in [0.717, 1.165) is 32.4 Å². The molecule has 2 amide bonds. The number of carbonyl (C=O) groups excluding carboxylic acids is 2. The van der Waals surface area contributed by atoms with Crippen molar-refractivity contribution in [2.24, 2.45) is 0 Å². The van der Waals surface area contributed by atoms with Crippen LogP contribution in [0.2, 0.25) is 0 Å². The molecule has 1 N–H and O–H groups in total. The summed E-state index contributed by atoms with van der Waals surface area (Å²) in [5.41, 5.74) is 0.0535. The Balaban J connectivity index is 1.65. The van der Waals surface area contributed by atoms with E-state index in [4.69, 9.17) is 0 Å². The molecule has 118 valence electrons. The van der Waals surface area contributed by atoms with E-state index in [2.05, 4.69) is 5.32 Å². The fourth-order valence-corrected chi connectivity index (χ4v) is 3.37. The molecular weight excluding hydrogens is 283 g/mol. The van der Waals surface area contributed by atoms with Crippen LogP contribution in [-0.2, 0) is 15.0 Å². The maximum atomic E-state index is 13.4. The van der Waals surface area contributed by atoms with Crippen LogP contribution in [0.4, 0.5) is 4.39 Å². The third kappa shape index (κ3) is 2.72. The first-order valence-electron chi connectivity index (χ1n) is 7.94. The molecule has 3 rings (SSSR count). The van der Waals surface area contributed by atoms with Gasteiger partial charge in [-0.05, 0) is 43.4 Å². The number of hydrogen-bond acceptors (Lipinski definition) is 2. The number of halogens is 1. The van der Waals surface area contributed by atoms with E-state index in [0.29, 0.717) is 18.4 Å². The van der Waals surface area contributed by atoms with E-state index in [1.807, 2.05) is 0 Å². The summed E-state index contributed by atoms with van der Waals surface area (Å²) in [6.45, 7) is 1.60. The van der Waals surface area contributed by atoms with Crippen molar-refractivity contribution in [2.75, 3.05) is 19.6 Å². The molecule has 1 heterocycles. The van der Waals surface area contributed by atoms with Crippen LogP contribution in [0.25, 0.3) is 0 Å². The van der Waals surface area contributed by atoms with Crippen LogP contribution in [0.15, 0.2) is 24.3 Å². The maximum absolute atomic E-state index is 13.4. The molecule has 0 spiro atoms. The van der Waals surface area contributed by atoms with Crippen LogP contribution in [-0.4, -0.2) is 36.3 Å². The SMILES string of the molecule is O=C(CNC(=O)C1(c2cccc(F)c2)CCC1)N1CCCC1. The molecule has 1 aromatic rings. The third-order valence-electron chi connectivity index (χ3n) is 4.88. The monoisotopic (exact) mass is 304 g/mol. The van der Waals surface area contributed by atoms with Gasteiger partial charge in [-0.1, -0.05) is 18.6 Å². The number of likely N-dealkylation sites (tertiary alicyclic amines) is 1. The van der Waals surface area contributed by atoms with Crippen molar-refractivity contribution in [1.82, 2.24) is 10.2 Å². The summed E-state index contributed by atoms with van der Waals surface area (Å²) in [5, 5.41) is 2.77. The fraction of sp³-hybridized carbons (Fsp3) is 0.529. The second kappa shape index (κ2) is 6.07. The van der Waals surface area contributed by atoms with Gasteiger partial charge in [0.2, 0.25) is 11.8 Å². The summed E-state index contributed by atoms with van der Waals surface area (Å²) >= 11 is 0. The maximum Gasteiger partial charge on any atom is 0.241 e. The van der Waals surface area contributed by atoms with Crippen LogP contribution in [0.5, 0.6) is 0 Å². The average Bonchev–Trinajstić information content (AvgIpc) is 2.98. The minimum atomic E-state index is -0.659. The van der Waals surface area contributed by atoms with Crippen molar-refractivity contribution in [3.63, 3.8) is 0 Å². The van der Waals surface area contributed by atoms with E-state index >= 15 is 0 Å². The molecule has 0 radical (unpaired) electrons. The predicted octanol–water partition coefficient (Wildman–Crippen LogP) is 1.99. The number of nitrogens with one attached hydrogen (secondary N) is 1. The molecule has 0 bridgehead atoms. The molecule has 0 atom stereocenters. The Bertz CT molecular complexity index is 578. The van der Waals surface area contributed by atoms with Crippen LogP contribution >= 0.6 is 0 Å². The molecule has 1 aliphatic heterocycles. The lowest BCUT2D eigenvalue weighted by Gasteiger charge is -2.40. The van der Waals surface area contributed by atoms with Crippen LogP contribution < -0.4 is 5.32 Å². The fourth-order valence-electron chi connectivity index (χ4n) is 3.37. The zero-order valence-corrected chi connectivity index (χ0v) is 12.6. The summed E-state index contributed by atoms with van der Waals surface area (Å²) in [5.74, 6) is -0.513. The molecule has 0 unspecified atom stereocenters. The van der Waals surface area contributed by atoms with Gasteiger partial charge < -0.3 is 10.2 Å². The minimum absolute atomic E-state index is 0.0282. The summed E-state index contributed by atoms with van der Waals surface area (Å²) in [6.07, 6.45) is 4.43. The minimum Gasteiger partial charge on any atom is -0.346 e. The number of carbonyl (C=O) groups is 2. The molecule has 2 fully saturated rings. The molecule has 0 aromatic heterocycles. The highest BCUT2D eigenvalue weighted by atomic mass is 19.1. The van der Waals surface area contributed by atoms with Gasteiger partial charge in [0, 0.05) is 13.1 Å². The van der Waals surface area contributed by atoms with Gasteiger partial charge in [-0.2, -0.15) is 0 Å².